The lowest BCUT2D eigenvalue weighted by Gasteiger charge is -2.43. The number of rotatable bonds is 14. The Morgan fingerprint density at radius 2 is 1.41 bits per heavy atom. The van der Waals surface area contributed by atoms with Crippen LogP contribution in [0.15, 0.2) is 0 Å². The van der Waals surface area contributed by atoms with Crippen LogP contribution in [-0.2, 0) is 33.2 Å². The third-order valence-corrected chi connectivity index (χ3v) is 4.95. The largest absolute Gasteiger partial charge is 0.463 e. The van der Waals surface area contributed by atoms with Crippen molar-refractivity contribution in [3.63, 3.8) is 0 Å². The molecule has 5 unspecified atom stereocenters. The van der Waals surface area contributed by atoms with E-state index in [-0.39, 0.29) is 30.9 Å². The first-order valence-electron chi connectivity index (χ1n) is 9.81. The van der Waals surface area contributed by atoms with E-state index in [1.807, 2.05) is 0 Å². The molecule has 1 aliphatic heterocycles. The van der Waals surface area contributed by atoms with Crippen molar-refractivity contribution < 1.29 is 33.2 Å². The summed E-state index contributed by atoms with van der Waals surface area (Å²) in [6.07, 6.45) is -0.475. The van der Waals surface area contributed by atoms with Crippen molar-refractivity contribution in [3.8, 4) is 0 Å². The summed E-state index contributed by atoms with van der Waals surface area (Å²) in [6, 6.07) is 0. The molecule has 0 radical (unpaired) electrons. The van der Waals surface area contributed by atoms with Gasteiger partial charge in [0.05, 0.1) is 52.4 Å². The lowest BCUT2D eigenvalue weighted by Crippen LogP contribution is -2.48. The Bertz CT molecular complexity index is 396. The van der Waals surface area contributed by atoms with Crippen LogP contribution in [0.5, 0.6) is 0 Å². The van der Waals surface area contributed by atoms with Crippen molar-refractivity contribution in [2.75, 3.05) is 59.4 Å². The first kappa shape index (κ1) is 24.3. The van der Waals surface area contributed by atoms with Gasteiger partial charge < -0.3 is 34.2 Å². The summed E-state index contributed by atoms with van der Waals surface area (Å²) < 4.78 is 33.1. The van der Waals surface area contributed by atoms with Crippen molar-refractivity contribution in [2.24, 2.45) is 23.5 Å². The lowest BCUT2D eigenvalue weighted by atomic mass is 9.79. The number of hydrogen-bond acceptors (Lipinski definition) is 8. The molecule has 8 heteroatoms. The van der Waals surface area contributed by atoms with Crippen LogP contribution in [0.25, 0.3) is 0 Å². The van der Waals surface area contributed by atoms with Crippen molar-refractivity contribution in [1.29, 1.82) is 0 Å². The Hall–Kier alpha value is -0.770. The molecule has 0 aromatic rings. The normalized spacial score (nSPS) is 28.3. The molecule has 0 saturated carbocycles. The van der Waals surface area contributed by atoms with Crippen molar-refractivity contribution in [2.45, 2.75) is 40.1 Å². The average Bonchev–Trinajstić information content (AvgIpc) is 2.64. The maximum Gasteiger partial charge on any atom is 0.302 e. The van der Waals surface area contributed by atoms with Gasteiger partial charge in [0.2, 0.25) is 0 Å². The first-order valence-corrected chi connectivity index (χ1v) is 9.81. The van der Waals surface area contributed by atoms with Gasteiger partial charge in [-0.15, -0.1) is 0 Å². The molecule has 2 N–H and O–H groups in total. The number of ether oxygens (including phenoxy) is 6. The second kappa shape index (κ2) is 14.3. The fourth-order valence-corrected chi connectivity index (χ4v) is 2.92. The minimum atomic E-state index is -0.323. The summed E-state index contributed by atoms with van der Waals surface area (Å²) in [6.45, 7) is 12.2. The SMILES string of the molecule is CC(=O)OCC1OC(OCCOCCOCCOCCN)C(C)C(C)C1C. The number of nitrogens with two attached hydrogens (primary N) is 1. The standard InChI is InChI=1S/C19H37NO7/c1-14-15(2)18(13-26-17(4)21)27-19(16(14)3)25-12-11-24-10-9-23-8-7-22-6-5-20/h14-16,18-19H,5-13,20H2,1-4H3. The number of carbonyl (C=O) groups excluding carboxylic acids is 1. The molecule has 160 valence electrons. The average molecular weight is 392 g/mol. The Kier molecular flexibility index (Phi) is 12.8. The van der Waals surface area contributed by atoms with Crippen LogP contribution >= 0.6 is 0 Å². The summed E-state index contributed by atoms with van der Waals surface area (Å²) in [5, 5.41) is 0. The topological polar surface area (TPSA) is 98.5 Å². The van der Waals surface area contributed by atoms with Crippen LogP contribution in [0.4, 0.5) is 0 Å². The molecular weight excluding hydrogens is 354 g/mol. The highest BCUT2D eigenvalue weighted by atomic mass is 16.7. The third kappa shape index (κ3) is 9.82. The molecule has 1 aliphatic rings. The van der Waals surface area contributed by atoms with Crippen molar-refractivity contribution in [3.05, 3.63) is 0 Å². The van der Waals surface area contributed by atoms with Gasteiger partial charge in [0.15, 0.2) is 6.29 Å². The van der Waals surface area contributed by atoms with Gasteiger partial charge in [0.25, 0.3) is 0 Å². The van der Waals surface area contributed by atoms with E-state index < -0.39 is 0 Å². The van der Waals surface area contributed by atoms with Crippen LogP contribution < -0.4 is 5.73 Å². The summed E-state index contributed by atoms with van der Waals surface area (Å²) in [5.41, 5.74) is 5.32. The Labute approximate surface area is 162 Å². The van der Waals surface area contributed by atoms with Crippen LogP contribution in [0.3, 0.4) is 0 Å². The van der Waals surface area contributed by atoms with E-state index in [2.05, 4.69) is 20.8 Å². The summed E-state index contributed by atoms with van der Waals surface area (Å²) in [7, 11) is 0. The molecule has 0 aromatic carbocycles. The summed E-state index contributed by atoms with van der Waals surface area (Å²) in [4.78, 5) is 11.1. The Morgan fingerprint density at radius 1 is 0.852 bits per heavy atom. The zero-order valence-corrected chi connectivity index (χ0v) is 17.2. The second-order valence-electron chi connectivity index (χ2n) is 6.92. The van der Waals surface area contributed by atoms with Gasteiger partial charge in [-0.05, 0) is 11.8 Å². The van der Waals surface area contributed by atoms with Crippen LogP contribution in [0, 0.1) is 17.8 Å². The monoisotopic (exact) mass is 391 g/mol. The maximum atomic E-state index is 11.1. The van der Waals surface area contributed by atoms with Crippen LogP contribution in [0.2, 0.25) is 0 Å². The lowest BCUT2D eigenvalue weighted by molar-refractivity contribution is -0.258. The van der Waals surface area contributed by atoms with Crippen molar-refractivity contribution >= 4 is 5.97 Å². The highest BCUT2D eigenvalue weighted by molar-refractivity contribution is 5.65. The minimum absolute atomic E-state index is 0.152. The van der Waals surface area contributed by atoms with Crippen molar-refractivity contribution in [1.82, 2.24) is 0 Å². The van der Waals surface area contributed by atoms with Gasteiger partial charge in [0, 0.05) is 19.4 Å². The van der Waals surface area contributed by atoms with Gasteiger partial charge in [-0.3, -0.25) is 4.79 Å². The van der Waals surface area contributed by atoms with E-state index in [1.54, 1.807) is 0 Å². The molecule has 5 atom stereocenters. The molecule has 1 fully saturated rings. The maximum absolute atomic E-state index is 11.1. The van der Waals surface area contributed by atoms with Gasteiger partial charge in [-0.2, -0.15) is 0 Å². The zero-order valence-electron chi connectivity index (χ0n) is 17.2. The van der Waals surface area contributed by atoms with Crippen LogP contribution in [-0.4, -0.2) is 77.8 Å². The predicted octanol–water partition coefficient (Wildman–Crippen LogP) is 1.21. The molecule has 27 heavy (non-hydrogen) atoms. The quantitative estimate of drug-likeness (QED) is 0.348. The second-order valence-corrected chi connectivity index (χ2v) is 6.92. The van der Waals surface area contributed by atoms with E-state index in [1.165, 1.54) is 6.92 Å². The van der Waals surface area contributed by atoms with Gasteiger partial charge in [-0.25, -0.2) is 0 Å². The fourth-order valence-electron chi connectivity index (χ4n) is 2.92. The Balaban J connectivity index is 2.14. The molecule has 1 heterocycles. The molecule has 0 aliphatic carbocycles. The third-order valence-electron chi connectivity index (χ3n) is 4.95. The molecule has 8 nitrogen and oxygen atoms in total. The molecule has 0 bridgehead atoms. The predicted molar refractivity (Wildman–Crippen MR) is 100 cm³/mol. The molecule has 0 aromatic heterocycles. The highest BCUT2D eigenvalue weighted by Gasteiger charge is 2.40. The molecule has 0 amide bonds. The van der Waals surface area contributed by atoms with E-state index in [9.17, 15) is 4.79 Å². The fraction of sp³-hybridized carbons (Fsp3) is 0.947. The number of carbonyl (C=O) groups is 1. The Morgan fingerprint density at radius 3 is 1.96 bits per heavy atom. The van der Waals surface area contributed by atoms with E-state index in [0.717, 1.165) is 0 Å². The van der Waals surface area contributed by atoms with Gasteiger partial charge >= 0.3 is 5.97 Å². The number of hydrogen-bond donors (Lipinski definition) is 1. The molecule has 1 saturated heterocycles. The van der Waals surface area contributed by atoms with E-state index in [0.29, 0.717) is 64.6 Å². The first-order chi connectivity index (χ1) is 13.0. The highest BCUT2D eigenvalue weighted by Crippen LogP contribution is 2.35. The molecule has 0 spiro atoms. The number of esters is 1. The summed E-state index contributed by atoms with van der Waals surface area (Å²) >= 11 is 0. The smallest absolute Gasteiger partial charge is 0.302 e. The van der Waals surface area contributed by atoms with E-state index >= 15 is 0 Å². The van der Waals surface area contributed by atoms with Crippen LogP contribution in [0.1, 0.15) is 27.7 Å². The van der Waals surface area contributed by atoms with E-state index in [4.69, 9.17) is 34.2 Å². The zero-order chi connectivity index (χ0) is 20.1. The summed E-state index contributed by atoms with van der Waals surface area (Å²) in [5.74, 6) is 0.656. The van der Waals surface area contributed by atoms with Gasteiger partial charge in [0.1, 0.15) is 6.61 Å². The molecular formula is C19H37NO7. The van der Waals surface area contributed by atoms with Gasteiger partial charge in [-0.1, -0.05) is 20.8 Å². The minimum Gasteiger partial charge on any atom is -0.463 e. The molecule has 1 rings (SSSR count).